The summed E-state index contributed by atoms with van der Waals surface area (Å²) in [7, 11) is -0.780. The number of methoxy groups -OCH3 is 2. The molecule has 0 amide bonds. The molecule has 7 heteroatoms. The number of benzene rings is 2. The molecular weight excluding hydrogens is 330 g/mol. The average molecular weight is 351 g/mol. The second kappa shape index (κ2) is 7.44. The summed E-state index contributed by atoms with van der Waals surface area (Å²) in [6, 6.07) is 11.1. The Kier molecular flexibility index (Phi) is 5.56. The molecule has 0 heterocycles. The van der Waals surface area contributed by atoms with Gasteiger partial charge in [-0.1, -0.05) is 0 Å². The molecule has 0 fully saturated rings. The van der Waals surface area contributed by atoms with Crippen molar-refractivity contribution in [3.05, 3.63) is 42.5 Å². The first kappa shape index (κ1) is 17.9. The number of hydrogen-bond acceptors (Lipinski definition) is 5. The van der Waals surface area contributed by atoms with E-state index in [4.69, 9.17) is 14.2 Å². The SMILES string of the molecule is COc1ccc(OC)c(NS(=O)(=O)c2ccc(OC(C)C)cc2)c1. The van der Waals surface area contributed by atoms with Crippen molar-refractivity contribution in [1.29, 1.82) is 0 Å². The van der Waals surface area contributed by atoms with E-state index in [2.05, 4.69) is 4.72 Å². The lowest BCUT2D eigenvalue weighted by Crippen LogP contribution is -2.14. The monoisotopic (exact) mass is 351 g/mol. The maximum absolute atomic E-state index is 12.6. The van der Waals surface area contributed by atoms with Crippen LogP contribution in [0.5, 0.6) is 17.2 Å². The van der Waals surface area contributed by atoms with Crippen LogP contribution in [0.4, 0.5) is 5.69 Å². The molecule has 0 saturated carbocycles. The van der Waals surface area contributed by atoms with E-state index in [0.29, 0.717) is 22.9 Å². The van der Waals surface area contributed by atoms with E-state index in [9.17, 15) is 8.42 Å². The van der Waals surface area contributed by atoms with Gasteiger partial charge < -0.3 is 14.2 Å². The zero-order valence-electron chi connectivity index (χ0n) is 14.1. The summed E-state index contributed by atoms with van der Waals surface area (Å²) in [6.45, 7) is 3.81. The summed E-state index contributed by atoms with van der Waals surface area (Å²) in [5.41, 5.74) is 0.305. The number of rotatable bonds is 7. The Balaban J connectivity index is 2.28. The molecule has 0 spiro atoms. The quantitative estimate of drug-likeness (QED) is 0.828. The van der Waals surface area contributed by atoms with Crippen molar-refractivity contribution in [2.45, 2.75) is 24.8 Å². The van der Waals surface area contributed by atoms with E-state index in [-0.39, 0.29) is 11.0 Å². The number of nitrogens with one attached hydrogen (secondary N) is 1. The Morgan fingerprint density at radius 3 is 2.08 bits per heavy atom. The third kappa shape index (κ3) is 4.32. The van der Waals surface area contributed by atoms with Crippen molar-refractivity contribution in [3.63, 3.8) is 0 Å². The zero-order chi connectivity index (χ0) is 17.7. The summed E-state index contributed by atoms with van der Waals surface area (Å²) in [4.78, 5) is 0.128. The van der Waals surface area contributed by atoms with Crippen molar-refractivity contribution < 1.29 is 22.6 Å². The number of ether oxygens (including phenoxy) is 3. The van der Waals surface area contributed by atoms with Gasteiger partial charge >= 0.3 is 0 Å². The lowest BCUT2D eigenvalue weighted by molar-refractivity contribution is 0.242. The van der Waals surface area contributed by atoms with E-state index >= 15 is 0 Å². The lowest BCUT2D eigenvalue weighted by Gasteiger charge is -2.14. The molecular formula is C17H21NO5S. The number of sulfonamides is 1. The molecule has 0 aromatic heterocycles. The maximum Gasteiger partial charge on any atom is 0.262 e. The van der Waals surface area contributed by atoms with E-state index in [1.807, 2.05) is 13.8 Å². The highest BCUT2D eigenvalue weighted by Crippen LogP contribution is 2.31. The molecule has 6 nitrogen and oxygen atoms in total. The first-order valence-electron chi connectivity index (χ1n) is 7.37. The average Bonchev–Trinajstić information content (AvgIpc) is 2.54. The van der Waals surface area contributed by atoms with Crippen LogP contribution in [-0.4, -0.2) is 28.7 Å². The van der Waals surface area contributed by atoms with Crippen LogP contribution in [0.15, 0.2) is 47.4 Å². The van der Waals surface area contributed by atoms with Crippen LogP contribution in [0.25, 0.3) is 0 Å². The van der Waals surface area contributed by atoms with Gasteiger partial charge in [0.05, 0.1) is 30.9 Å². The highest BCUT2D eigenvalue weighted by Gasteiger charge is 2.17. The van der Waals surface area contributed by atoms with Gasteiger partial charge in [0, 0.05) is 6.07 Å². The molecule has 2 rings (SSSR count). The third-order valence-corrected chi connectivity index (χ3v) is 4.54. The minimum Gasteiger partial charge on any atom is -0.497 e. The highest BCUT2D eigenvalue weighted by atomic mass is 32.2. The molecule has 0 saturated heterocycles. The standard InChI is InChI=1S/C17H21NO5S/c1-12(2)23-13-5-8-15(9-6-13)24(19,20)18-16-11-14(21-3)7-10-17(16)22-4/h5-12,18H,1-4H3. The van der Waals surface area contributed by atoms with Gasteiger partial charge in [-0.15, -0.1) is 0 Å². The Labute approximate surface area is 142 Å². The summed E-state index contributed by atoms with van der Waals surface area (Å²) in [6.07, 6.45) is 0.0200. The molecule has 24 heavy (non-hydrogen) atoms. The topological polar surface area (TPSA) is 73.9 Å². The first-order valence-corrected chi connectivity index (χ1v) is 8.85. The van der Waals surface area contributed by atoms with Crippen molar-refractivity contribution in [2.24, 2.45) is 0 Å². The minimum atomic E-state index is -3.76. The van der Waals surface area contributed by atoms with E-state index in [0.717, 1.165) is 0 Å². The molecule has 0 aliphatic heterocycles. The normalized spacial score (nSPS) is 11.2. The minimum absolute atomic E-state index is 0.0200. The molecule has 0 aliphatic carbocycles. The molecule has 0 radical (unpaired) electrons. The van der Waals surface area contributed by atoms with E-state index < -0.39 is 10.0 Å². The molecule has 0 aliphatic rings. The predicted molar refractivity (Wildman–Crippen MR) is 92.6 cm³/mol. The molecule has 2 aromatic carbocycles. The van der Waals surface area contributed by atoms with Crippen molar-refractivity contribution in [2.75, 3.05) is 18.9 Å². The van der Waals surface area contributed by atoms with Crippen LogP contribution >= 0.6 is 0 Å². The first-order chi connectivity index (χ1) is 11.4. The van der Waals surface area contributed by atoms with Gasteiger partial charge in [0.1, 0.15) is 17.2 Å². The molecule has 2 aromatic rings. The van der Waals surface area contributed by atoms with Crippen LogP contribution in [0, 0.1) is 0 Å². The molecule has 0 unspecified atom stereocenters. The Morgan fingerprint density at radius 2 is 1.54 bits per heavy atom. The fourth-order valence-corrected chi connectivity index (χ4v) is 3.13. The fourth-order valence-electron chi connectivity index (χ4n) is 2.07. The maximum atomic E-state index is 12.6. The molecule has 0 atom stereocenters. The van der Waals surface area contributed by atoms with Gasteiger partial charge in [-0.3, -0.25) is 4.72 Å². The number of anilines is 1. The van der Waals surface area contributed by atoms with Crippen molar-refractivity contribution in [1.82, 2.24) is 0 Å². The number of hydrogen-bond donors (Lipinski definition) is 1. The van der Waals surface area contributed by atoms with Crippen LogP contribution < -0.4 is 18.9 Å². The van der Waals surface area contributed by atoms with Crippen molar-refractivity contribution >= 4 is 15.7 Å². The second-order valence-electron chi connectivity index (χ2n) is 5.31. The highest BCUT2D eigenvalue weighted by molar-refractivity contribution is 7.92. The molecule has 1 N–H and O–H groups in total. The Hall–Kier alpha value is -2.41. The van der Waals surface area contributed by atoms with Crippen LogP contribution in [0.3, 0.4) is 0 Å². The van der Waals surface area contributed by atoms with Gasteiger partial charge in [0.15, 0.2) is 0 Å². The second-order valence-corrected chi connectivity index (χ2v) is 6.99. The molecule has 0 bridgehead atoms. The summed E-state index contributed by atoms with van der Waals surface area (Å²) in [5, 5.41) is 0. The van der Waals surface area contributed by atoms with Crippen LogP contribution in [0.2, 0.25) is 0 Å². The van der Waals surface area contributed by atoms with Gasteiger partial charge in [0.25, 0.3) is 10.0 Å². The van der Waals surface area contributed by atoms with Gasteiger partial charge in [-0.25, -0.2) is 8.42 Å². The lowest BCUT2D eigenvalue weighted by atomic mass is 10.3. The fraction of sp³-hybridized carbons (Fsp3) is 0.294. The third-order valence-electron chi connectivity index (χ3n) is 3.16. The molecule has 130 valence electrons. The largest absolute Gasteiger partial charge is 0.497 e. The van der Waals surface area contributed by atoms with Crippen molar-refractivity contribution in [3.8, 4) is 17.2 Å². The summed E-state index contributed by atoms with van der Waals surface area (Å²) in [5.74, 6) is 1.54. The van der Waals surface area contributed by atoms with E-state index in [1.54, 1.807) is 30.3 Å². The van der Waals surface area contributed by atoms with Crippen LogP contribution in [0.1, 0.15) is 13.8 Å². The van der Waals surface area contributed by atoms with Gasteiger partial charge in [-0.2, -0.15) is 0 Å². The Morgan fingerprint density at radius 1 is 0.917 bits per heavy atom. The summed E-state index contributed by atoms with van der Waals surface area (Å²) < 4.78 is 43.4. The Bertz CT molecular complexity index is 785. The van der Waals surface area contributed by atoms with Gasteiger partial charge in [-0.05, 0) is 50.2 Å². The predicted octanol–water partition coefficient (Wildman–Crippen LogP) is 3.29. The smallest absolute Gasteiger partial charge is 0.262 e. The zero-order valence-corrected chi connectivity index (χ0v) is 14.9. The van der Waals surface area contributed by atoms with Crippen LogP contribution in [-0.2, 0) is 10.0 Å². The van der Waals surface area contributed by atoms with E-state index in [1.165, 1.54) is 26.4 Å². The van der Waals surface area contributed by atoms with Gasteiger partial charge in [0.2, 0.25) is 0 Å². The summed E-state index contributed by atoms with van der Waals surface area (Å²) >= 11 is 0.